The van der Waals surface area contributed by atoms with Gasteiger partial charge in [-0.15, -0.1) is 6.42 Å². The van der Waals surface area contributed by atoms with Gasteiger partial charge in [-0.2, -0.15) is 0 Å². The van der Waals surface area contributed by atoms with Crippen molar-refractivity contribution < 1.29 is 4.79 Å². The Morgan fingerprint density at radius 2 is 2.50 bits per heavy atom. The van der Waals surface area contributed by atoms with Crippen LogP contribution in [0, 0.1) is 19.3 Å². The van der Waals surface area contributed by atoms with Crippen LogP contribution in [0.5, 0.6) is 0 Å². The van der Waals surface area contributed by atoms with E-state index in [-0.39, 0.29) is 0 Å². The third-order valence-corrected chi connectivity index (χ3v) is 1.29. The predicted molar refractivity (Wildman–Crippen MR) is 46.4 cm³/mol. The zero-order valence-corrected chi connectivity index (χ0v) is 6.66. The van der Waals surface area contributed by atoms with E-state index in [4.69, 9.17) is 6.42 Å². The lowest BCUT2D eigenvalue weighted by Crippen LogP contribution is -2.09. The van der Waals surface area contributed by atoms with Crippen molar-refractivity contribution in [1.29, 1.82) is 0 Å². The zero-order chi connectivity index (χ0) is 8.97. The molecule has 0 aromatic carbocycles. The Kier molecular flexibility index (Phi) is 2.44. The molecule has 1 heterocycles. The molecule has 0 fully saturated rings. The second-order valence-electron chi connectivity index (χ2n) is 2.32. The van der Waals surface area contributed by atoms with Crippen molar-refractivity contribution in [2.45, 2.75) is 6.92 Å². The Morgan fingerprint density at radius 1 is 1.75 bits per heavy atom. The van der Waals surface area contributed by atoms with Crippen LogP contribution in [0.3, 0.4) is 0 Å². The van der Waals surface area contributed by atoms with Gasteiger partial charge in [-0.05, 0) is 30.5 Å². The molecule has 0 saturated carbocycles. The summed E-state index contributed by atoms with van der Waals surface area (Å²) in [5, 5.41) is 2.45. The normalized spacial score (nSPS) is 8.67. The van der Waals surface area contributed by atoms with Gasteiger partial charge >= 0.3 is 5.91 Å². The lowest BCUT2D eigenvalue weighted by atomic mass is 10.3. The highest BCUT2D eigenvalue weighted by Gasteiger charge is 1.97. The van der Waals surface area contributed by atoms with Crippen LogP contribution in [0.2, 0.25) is 0 Å². The summed E-state index contributed by atoms with van der Waals surface area (Å²) in [6.45, 7) is 1.91. The molecule has 1 N–H and O–H groups in total. The van der Waals surface area contributed by atoms with Gasteiger partial charge in [-0.3, -0.25) is 10.1 Å². The van der Waals surface area contributed by atoms with Gasteiger partial charge in [-0.1, -0.05) is 0 Å². The molecule has 0 aliphatic heterocycles. The molecule has 1 amide bonds. The Morgan fingerprint density at radius 3 is 3.08 bits per heavy atom. The second-order valence-corrected chi connectivity index (χ2v) is 2.32. The zero-order valence-electron chi connectivity index (χ0n) is 6.66. The highest BCUT2D eigenvalue weighted by molar-refractivity contribution is 6.02. The van der Waals surface area contributed by atoms with Gasteiger partial charge in [-0.25, -0.2) is 4.98 Å². The fourth-order valence-electron chi connectivity index (χ4n) is 0.757. The van der Waals surface area contributed by atoms with Gasteiger partial charge < -0.3 is 0 Å². The fraction of sp³-hybridized carbons (Fsp3) is 0.111. The number of aryl methyl sites for hydroxylation is 1. The highest BCUT2D eigenvalue weighted by Crippen LogP contribution is 2.04. The first-order chi connectivity index (χ1) is 5.72. The summed E-state index contributed by atoms with van der Waals surface area (Å²) < 4.78 is 0. The lowest BCUT2D eigenvalue weighted by molar-refractivity contribution is -0.111. The summed E-state index contributed by atoms with van der Waals surface area (Å²) in [4.78, 5) is 14.6. The van der Waals surface area contributed by atoms with Crippen molar-refractivity contribution in [3.63, 3.8) is 0 Å². The van der Waals surface area contributed by atoms with Crippen LogP contribution in [0.1, 0.15) is 5.56 Å². The largest absolute Gasteiger partial charge is 0.301 e. The van der Waals surface area contributed by atoms with Crippen LogP contribution in [0.25, 0.3) is 0 Å². The number of nitrogens with one attached hydrogen (secondary N) is 1. The topological polar surface area (TPSA) is 42.0 Å². The fourth-order valence-corrected chi connectivity index (χ4v) is 0.757. The molecular formula is C9H8N2O. The van der Waals surface area contributed by atoms with Gasteiger partial charge in [0.2, 0.25) is 0 Å². The Labute approximate surface area is 70.8 Å². The smallest absolute Gasteiger partial charge is 0.300 e. The predicted octanol–water partition coefficient (Wildman–Crippen LogP) is 0.962. The molecule has 0 aliphatic carbocycles. The molecule has 0 radical (unpaired) electrons. The van der Waals surface area contributed by atoms with Crippen LogP contribution in [-0.4, -0.2) is 10.9 Å². The van der Waals surface area contributed by atoms with Crippen molar-refractivity contribution in [2.24, 2.45) is 0 Å². The maximum atomic E-state index is 10.7. The number of aromatic nitrogens is 1. The third-order valence-electron chi connectivity index (χ3n) is 1.29. The first-order valence-electron chi connectivity index (χ1n) is 3.42. The number of hydrogen-bond donors (Lipinski definition) is 1. The molecule has 12 heavy (non-hydrogen) atoms. The van der Waals surface area contributed by atoms with Gasteiger partial charge in [0.05, 0.1) is 0 Å². The van der Waals surface area contributed by atoms with Crippen LogP contribution in [0.15, 0.2) is 18.3 Å². The summed E-state index contributed by atoms with van der Waals surface area (Å²) >= 11 is 0. The first kappa shape index (κ1) is 8.28. The average Bonchev–Trinajstić information content (AvgIpc) is 2.04. The molecule has 3 heteroatoms. The van der Waals surface area contributed by atoms with E-state index in [2.05, 4.69) is 10.3 Å². The van der Waals surface area contributed by atoms with Crippen molar-refractivity contribution in [1.82, 2.24) is 4.98 Å². The van der Waals surface area contributed by atoms with Crippen molar-refractivity contribution >= 4 is 11.7 Å². The summed E-state index contributed by atoms with van der Waals surface area (Å²) in [7, 11) is 0. The van der Waals surface area contributed by atoms with Gasteiger partial charge in [0, 0.05) is 6.20 Å². The first-order valence-corrected chi connectivity index (χ1v) is 3.42. The molecule has 1 rings (SSSR count). The van der Waals surface area contributed by atoms with Crippen LogP contribution >= 0.6 is 0 Å². The van der Waals surface area contributed by atoms with E-state index in [1.54, 1.807) is 12.3 Å². The van der Waals surface area contributed by atoms with Gasteiger partial charge in [0.25, 0.3) is 0 Å². The number of amides is 1. The standard InChI is InChI=1S/C9H8N2O/c1-3-9(12)11-8-6-7(2)4-5-10-8/h1,4-6H,2H3,(H,10,11,12). The number of nitrogens with zero attached hydrogens (tertiary/aromatic N) is 1. The summed E-state index contributed by atoms with van der Waals surface area (Å²) in [6.07, 6.45) is 6.48. The average molecular weight is 160 g/mol. The molecule has 0 aliphatic rings. The van der Waals surface area contributed by atoms with Crippen LogP contribution < -0.4 is 5.32 Å². The van der Waals surface area contributed by atoms with Crippen molar-refractivity contribution in [3.05, 3.63) is 23.9 Å². The number of carbonyl (C=O) groups is 1. The highest BCUT2D eigenvalue weighted by atomic mass is 16.1. The summed E-state index contributed by atoms with van der Waals surface area (Å²) in [5.74, 6) is 1.95. The number of rotatable bonds is 1. The molecule has 0 spiro atoms. The maximum absolute atomic E-state index is 10.7. The van der Waals surface area contributed by atoms with Crippen LogP contribution in [0.4, 0.5) is 5.82 Å². The maximum Gasteiger partial charge on any atom is 0.301 e. The van der Waals surface area contributed by atoms with Crippen LogP contribution in [-0.2, 0) is 4.79 Å². The third kappa shape index (κ3) is 2.10. The van der Waals surface area contributed by atoms with Crippen molar-refractivity contribution in [3.8, 4) is 12.3 Å². The minimum absolute atomic E-state index is 0.479. The second kappa shape index (κ2) is 3.54. The molecule has 60 valence electrons. The number of pyridine rings is 1. The van der Waals surface area contributed by atoms with Gasteiger partial charge in [0.1, 0.15) is 5.82 Å². The number of anilines is 1. The Bertz CT molecular complexity index is 339. The SMILES string of the molecule is C#CC(=O)Nc1cc(C)ccn1. The minimum Gasteiger partial charge on any atom is -0.300 e. The van der Waals surface area contributed by atoms with Gasteiger partial charge in [0.15, 0.2) is 0 Å². The Hall–Kier alpha value is -1.82. The molecule has 1 aromatic heterocycles. The molecule has 0 saturated heterocycles. The Balaban J connectivity index is 2.78. The van der Waals surface area contributed by atoms with E-state index >= 15 is 0 Å². The molecule has 0 atom stereocenters. The number of terminal acetylenes is 1. The summed E-state index contributed by atoms with van der Waals surface area (Å²) in [6, 6.07) is 3.58. The van der Waals surface area contributed by atoms with E-state index in [1.807, 2.05) is 18.9 Å². The quantitative estimate of drug-likeness (QED) is 0.622. The molecule has 0 bridgehead atoms. The van der Waals surface area contributed by atoms with E-state index in [0.717, 1.165) is 5.56 Å². The summed E-state index contributed by atoms with van der Waals surface area (Å²) in [5.41, 5.74) is 1.03. The number of hydrogen-bond acceptors (Lipinski definition) is 2. The lowest BCUT2D eigenvalue weighted by Gasteiger charge is -1.99. The monoisotopic (exact) mass is 160 g/mol. The van der Waals surface area contributed by atoms with Crippen molar-refractivity contribution in [2.75, 3.05) is 5.32 Å². The van der Waals surface area contributed by atoms with E-state index in [0.29, 0.717) is 5.82 Å². The minimum atomic E-state index is -0.479. The van der Waals surface area contributed by atoms with E-state index in [1.165, 1.54) is 0 Å². The van der Waals surface area contributed by atoms with E-state index < -0.39 is 5.91 Å². The molecule has 3 nitrogen and oxygen atoms in total. The molecule has 1 aromatic rings. The number of carbonyl (C=O) groups excluding carboxylic acids is 1. The van der Waals surface area contributed by atoms with E-state index in [9.17, 15) is 4.79 Å². The molecule has 0 unspecified atom stereocenters. The molecular weight excluding hydrogens is 152 g/mol.